The number of H-pyrrole nitrogens is 1. The van der Waals surface area contributed by atoms with Crippen LogP contribution < -0.4 is 4.74 Å². The van der Waals surface area contributed by atoms with Crippen LogP contribution >= 0.6 is 0 Å². The smallest absolute Gasteiger partial charge is 0.326 e. The van der Waals surface area contributed by atoms with Crippen molar-refractivity contribution >= 4 is 11.9 Å². The van der Waals surface area contributed by atoms with Gasteiger partial charge in [-0.2, -0.15) is 0 Å². The van der Waals surface area contributed by atoms with Gasteiger partial charge in [0.2, 0.25) is 0 Å². The lowest BCUT2D eigenvalue weighted by Crippen LogP contribution is -2.38. The fourth-order valence-corrected chi connectivity index (χ4v) is 2.87. The minimum absolute atomic E-state index is 0.426. The molecule has 0 amide bonds. The summed E-state index contributed by atoms with van der Waals surface area (Å²) >= 11 is 0. The molecule has 1 aromatic heterocycles. The third-order valence-electron chi connectivity index (χ3n) is 3.99. The predicted molar refractivity (Wildman–Crippen MR) is 79.6 cm³/mol. The average molecular weight is 299 g/mol. The first-order valence-corrected chi connectivity index (χ1v) is 7.22. The highest BCUT2D eigenvalue weighted by atomic mass is 16.6. The monoisotopic (exact) mass is 299 g/mol. The molecule has 1 N–H and O–H groups in total. The van der Waals surface area contributed by atoms with Crippen molar-refractivity contribution in [2.45, 2.75) is 19.3 Å². The summed E-state index contributed by atoms with van der Waals surface area (Å²) in [6.07, 6.45) is 0.849. The Hall–Kier alpha value is -2.56. The van der Waals surface area contributed by atoms with Gasteiger partial charge in [0.25, 0.3) is 0 Å². The van der Waals surface area contributed by atoms with E-state index in [1.54, 1.807) is 12.1 Å². The SMILES string of the molecule is CCc1ccc([C@@H]2c3ccccc3OC(=O)[C@H]2C(=O)OC)[nH]1. The van der Waals surface area contributed by atoms with Crippen LogP contribution in [0.15, 0.2) is 36.4 Å². The van der Waals surface area contributed by atoms with E-state index in [2.05, 4.69) is 4.98 Å². The molecule has 2 atom stereocenters. The van der Waals surface area contributed by atoms with Gasteiger partial charge in [-0.25, -0.2) is 0 Å². The molecule has 1 aliphatic rings. The van der Waals surface area contributed by atoms with Crippen molar-refractivity contribution in [2.24, 2.45) is 5.92 Å². The molecule has 3 rings (SSSR count). The Kier molecular flexibility index (Phi) is 3.71. The van der Waals surface area contributed by atoms with Gasteiger partial charge in [-0.15, -0.1) is 0 Å². The van der Waals surface area contributed by atoms with Crippen LogP contribution in [0.1, 0.15) is 29.8 Å². The molecule has 0 bridgehead atoms. The lowest BCUT2D eigenvalue weighted by molar-refractivity contribution is -0.157. The standard InChI is InChI=1S/C17H17NO4/c1-3-10-8-9-12(18-10)14-11-6-4-5-7-13(11)22-17(20)15(14)16(19)21-2/h4-9,14-15,18H,3H2,1-2H3/t14-,15+/m0/s1. The molecule has 0 spiro atoms. The Labute approximate surface area is 128 Å². The number of methoxy groups -OCH3 is 1. The molecule has 0 aliphatic carbocycles. The van der Waals surface area contributed by atoms with Gasteiger partial charge >= 0.3 is 11.9 Å². The molecule has 1 aliphatic heterocycles. The van der Waals surface area contributed by atoms with Crippen LogP contribution in [0.25, 0.3) is 0 Å². The predicted octanol–water partition coefficient (Wildman–Crippen LogP) is 2.42. The van der Waals surface area contributed by atoms with Crippen LogP contribution in [-0.4, -0.2) is 24.0 Å². The van der Waals surface area contributed by atoms with Crippen molar-refractivity contribution in [1.29, 1.82) is 0 Å². The summed E-state index contributed by atoms with van der Waals surface area (Å²) in [5.41, 5.74) is 2.67. The largest absolute Gasteiger partial charge is 0.468 e. The number of fused-ring (bicyclic) bond motifs is 1. The van der Waals surface area contributed by atoms with E-state index in [4.69, 9.17) is 9.47 Å². The van der Waals surface area contributed by atoms with E-state index in [-0.39, 0.29) is 0 Å². The zero-order chi connectivity index (χ0) is 15.7. The molecule has 5 heteroatoms. The van der Waals surface area contributed by atoms with Gasteiger partial charge < -0.3 is 14.5 Å². The van der Waals surface area contributed by atoms with Crippen LogP contribution in [-0.2, 0) is 20.7 Å². The van der Waals surface area contributed by atoms with Crippen LogP contribution in [0.4, 0.5) is 0 Å². The summed E-state index contributed by atoms with van der Waals surface area (Å²) in [6.45, 7) is 2.04. The maximum atomic E-state index is 12.3. The molecule has 22 heavy (non-hydrogen) atoms. The summed E-state index contributed by atoms with van der Waals surface area (Å²) in [6, 6.07) is 11.1. The first-order chi connectivity index (χ1) is 10.7. The number of esters is 2. The number of ether oxygens (including phenoxy) is 2. The van der Waals surface area contributed by atoms with Crippen LogP contribution in [0.5, 0.6) is 5.75 Å². The number of aromatic amines is 1. The highest BCUT2D eigenvalue weighted by Crippen LogP contribution is 2.42. The Morgan fingerprint density at radius 1 is 1.27 bits per heavy atom. The molecule has 5 nitrogen and oxygen atoms in total. The van der Waals surface area contributed by atoms with Gasteiger partial charge in [-0.3, -0.25) is 9.59 Å². The minimum atomic E-state index is -0.997. The summed E-state index contributed by atoms with van der Waals surface area (Å²) in [5, 5.41) is 0. The number of benzene rings is 1. The van der Waals surface area contributed by atoms with Gasteiger partial charge in [0.15, 0.2) is 5.92 Å². The van der Waals surface area contributed by atoms with Gasteiger partial charge in [0.1, 0.15) is 5.75 Å². The number of rotatable bonds is 3. The molecule has 0 saturated carbocycles. The van der Waals surface area contributed by atoms with Gasteiger partial charge in [0, 0.05) is 17.0 Å². The van der Waals surface area contributed by atoms with Crippen molar-refractivity contribution < 1.29 is 19.1 Å². The Balaban J connectivity index is 2.14. The number of hydrogen-bond donors (Lipinski definition) is 1. The van der Waals surface area contributed by atoms with E-state index < -0.39 is 23.8 Å². The summed E-state index contributed by atoms with van der Waals surface area (Å²) in [4.78, 5) is 27.7. The molecular weight excluding hydrogens is 282 g/mol. The fourth-order valence-electron chi connectivity index (χ4n) is 2.87. The number of carbonyl (C=O) groups excluding carboxylic acids is 2. The lowest BCUT2D eigenvalue weighted by Gasteiger charge is -2.29. The third-order valence-corrected chi connectivity index (χ3v) is 3.99. The molecule has 0 unspecified atom stereocenters. The lowest BCUT2D eigenvalue weighted by atomic mass is 9.81. The maximum Gasteiger partial charge on any atom is 0.326 e. The van der Waals surface area contributed by atoms with Gasteiger partial charge in [0.05, 0.1) is 13.0 Å². The second kappa shape index (κ2) is 5.67. The normalized spacial score (nSPS) is 20.2. The van der Waals surface area contributed by atoms with Crippen molar-refractivity contribution in [3.63, 3.8) is 0 Å². The van der Waals surface area contributed by atoms with Gasteiger partial charge in [-0.1, -0.05) is 25.1 Å². The van der Waals surface area contributed by atoms with E-state index in [0.717, 1.165) is 23.4 Å². The summed E-state index contributed by atoms with van der Waals surface area (Å²) < 4.78 is 10.1. The van der Waals surface area contributed by atoms with Crippen LogP contribution in [0.3, 0.4) is 0 Å². The van der Waals surface area contributed by atoms with E-state index in [1.165, 1.54) is 7.11 Å². The third kappa shape index (κ3) is 2.28. The molecule has 2 aromatic rings. The van der Waals surface area contributed by atoms with Crippen molar-refractivity contribution in [3.05, 3.63) is 53.3 Å². The number of hydrogen-bond acceptors (Lipinski definition) is 4. The number of carbonyl (C=O) groups is 2. The number of para-hydroxylation sites is 1. The Bertz CT molecular complexity index is 719. The first kappa shape index (κ1) is 14.4. The van der Waals surface area contributed by atoms with Crippen LogP contribution in [0.2, 0.25) is 0 Å². The number of aromatic nitrogens is 1. The minimum Gasteiger partial charge on any atom is -0.468 e. The zero-order valence-corrected chi connectivity index (χ0v) is 12.5. The van der Waals surface area contributed by atoms with E-state index in [0.29, 0.717) is 5.75 Å². The average Bonchev–Trinajstić information content (AvgIpc) is 3.01. The zero-order valence-electron chi connectivity index (χ0n) is 12.5. The van der Waals surface area contributed by atoms with Gasteiger partial charge in [-0.05, 0) is 24.6 Å². The van der Waals surface area contributed by atoms with Crippen molar-refractivity contribution in [2.75, 3.05) is 7.11 Å². The fraction of sp³-hybridized carbons (Fsp3) is 0.294. The molecule has 0 fully saturated rings. The maximum absolute atomic E-state index is 12.3. The van der Waals surface area contributed by atoms with Crippen LogP contribution in [0, 0.1) is 5.92 Å². The summed E-state index contributed by atoms with van der Waals surface area (Å²) in [5.74, 6) is -2.10. The van der Waals surface area contributed by atoms with Crippen molar-refractivity contribution in [1.82, 2.24) is 4.98 Å². The highest BCUT2D eigenvalue weighted by molar-refractivity contribution is 5.99. The first-order valence-electron chi connectivity index (χ1n) is 7.22. The summed E-state index contributed by atoms with van der Waals surface area (Å²) in [7, 11) is 1.28. The molecular formula is C17H17NO4. The highest BCUT2D eigenvalue weighted by Gasteiger charge is 2.44. The number of nitrogens with one attached hydrogen (secondary N) is 1. The van der Waals surface area contributed by atoms with E-state index >= 15 is 0 Å². The second-order valence-electron chi connectivity index (χ2n) is 5.23. The second-order valence-corrected chi connectivity index (χ2v) is 5.23. The van der Waals surface area contributed by atoms with E-state index in [1.807, 2.05) is 31.2 Å². The number of aryl methyl sites for hydroxylation is 1. The Morgan fingerprint density at radius 2 is 2.05 bits per heavy atom. The molecule has 1 aromatic carbocycles. The quantitative estimate of drug-likeness (QED) is 0.537. The van der Waals surface area contributed by atoms with E-state index in [9.17, 15) is 9.59 Å². The molecule has 2 heterocycles. The molecule has 114 valence electrons. The molecule has 0 saturated heterocycles. The molecule has 0 radical (unpaired) electrons. The van der Waals surface area contributed by atoms with Crippen molar-refractivity contribution in [3.8, 4) is 5.75 Å². The topological polar surface area (TPSA) is 68.4 Å². The Morgan fingerprint density at radius 3 is 2.73 bits per heavy atom.